The summed E-state index contributed by atoms with van der Waals surface area (Å²) in [4.78, 5) is 12.0. The van der Waals surface area contributed by atoms with E-state index < -0.39 is 23.2 Å². The number of hydrogen-bond acceptors (Lipinski definition) is 2. The van der Waals surface area contributed by atoms with Crippen LogP contribution in [0.1, 0.15) is 21.5 Å². The van der Waals surface area contributed by atoms with Crippen LogP contribution >= 0.6 is 0 Å². The van der Waals surface area contributed by atoms with Crippen molar-refractivity contribution < 1.29 is 18.0 Å². The number of halogens is 3. The Labute approximate surface area is 119 Å². The summed E-state index contributed by atoms with van der Waals surface area (Å²) in [5.74, 6) is -0.802. The highest BCUT2D eigenvalue weighted by Crippen LogP contribution is 2.32. The third kappa shape index (κ3) is 3.61. The van der Waals surface area contributed by atoms with Crippen molar-refractivity contribution in [2.45, 2.75) is 12.7 Å². The van der Waals surface area contributed by atoms with Gasteiger partial charge in [0.25, 0.3) is 5.91 Å². The molecular weight excluding hydrogens is 281 g/mol. The SMILES string of the molecule is NCc1ccc(NC(=O)c2ccccc2C(F)(F)F)cc1. The molecule has 0 fully saturated rings. The molecule has 0 aliphatic heterocycles. The van der Waals surface area contributed by atoms with Gasteiger partial charge in [-0.25, -0.2) is 0 Å². The van der Waals surface area contributed by atoms with Crippen LogP contribution in [0, 0.1) is 0 Å². The molecule has 0 radical (unpaired) electrons. The molecular formula is C15H13F3N2O. The van der Waals surface area contributed by atoms with E-state index in [1.165, 1.54) is 12.1 Å². The van der Waals surface area contributed by atoms with Gasteiger partial charge in [0.1, 0.15) is 0 Å². The number of nitrogens with two attached hydrogens (primary N) is 1. The monoisotopic (exact) mass is 294 g/mol. The lowest BCUT2D eigenvalue weighted by Crippen LogP contribution is -2.18. The number of nitrogens with one attached hydrogen (secondary N) is 1. The summed E-state index contributed by atoms with van der Waals surface area (Å²) >= 11 is 0. The first-order valence-electron chi connectivity index (χ1n) is 6.18. The van der Waals surface area contributed by atoms with Crippen molar-refractivity contribution in [3.8, 4) is 0 Å². The Balaban J connectivity index is 2.24. The van der Waals surface area contributed by atoms with Crippen LogP contribution in [-0.2, 0) is 12.7 Å². The molecule has 2 aromatic rings. The Kier molecular flexibility index (Phi) is 4.28. The molecule has 0 aliphatic rings. The van der Waals surface area contributed by atoms with E-state index in [4.69, 9.17) is 5.73 Å². The molecule has 0 aromatic heterocycles. The molecule has 0 atom stereocenters. The van der Waals surface area contributed by atoms with Gasteiger partial charge < -0.3 is 11.1 Å². The highest BCUT2D eigenvalue weighted by molar-refractivity contribution is 6.05. The minimum absolute atomic E-state index is 0.352. The van der Waals surface area contributed by atoms with Crippen LogP contribution in [0.5, 0.6) is 0 Å². The van der Waals surface area contributed by atoms with Crippen molar-refractivity contribution in [1.82, 2.24) is 0 Å². The second-order valence-corrected chi connectivity index (χ2v) is 4.40. The minimum Gasteiger partial charge on any atom is -0.326 e. The van der Waals surface area contributed by atoms with Gasteiger partial charge in [0.05, 0.1) is 11.1 Å². The van der Waals surface area contributed by atoms with Crippen molar-refractivity contribution in [3.63, 3.8) is 0 Å². The van der Waals surface area contributed by atoms with Gasteiger partial charge in [-0.3, -0.25) is 4.79 Å². The average Bonchev–Trinajstić information content (AvgIpc) is 2.47. The van der Waals surface area contributed by atoms with Crippen LogP contribution in [0.2, 0.25) is 0 Å². The van der Waals surface area contributed by atoms with E-state index in [2.05, 4.69) is 5.32 Å². The number of carbonyl (C=O) groups is 1. The molecule has 0 bridgehead atoms. The first-order chi connectivity index (χ1) is 9.91. The van der Waals surface area contributed by atoms with E-state index in [0.717, 1.165) is 17.7 Å². The van der Waals surface area contributed by atoms with E-state index in [-0.39, 0.29) is 0 Å². The van der Waals surface area contributed by atoms with Gasteiger partial charge in [-0.05, 0) is 29.8 Å². The number of alkyl halides is 3. The van der Waals surface area contributed by atoms with Gasteiger partial charge in [0, 0.05) is 12.2 Å². The van der Waals surface area contributed by atoms with Crippen molar-refractivity contribution in [1.29, 1.82) is 0 Å². The lowest BCUT2D eigenvalue weighted by atomic mass is 10.1. The van der Waals surface area contributed by atoms with Gasteiger partial charge in [0.15, 0.2) is 0 Å². The zero-order valence-electron chi connectivity index (χ0n) is 10.9. The topological polar surface area (TPSA) is 55.1 Å². The molecule has 1 amide bonds. The normalized spacial score (nSPS) is 11.2. The molecule has 3 N–H and O–H groups in total. The summed E-state index contributed by atoms with van der Waals surface area (Å²) in [6.07, 6.45) is -4.57. The highest BCUT2D eigenvalue weighted by Gasteiger charge is 2.34. The number of amides is 1. The smallest absolute Gasteiger partial charge is 0.326 e. The zero-order valence-corrected chi connectivity index (χ0v) is 10.9. The van der Waals surface area contributed by atoms with E-state index >= 15 is 0 Å². The number of anilines is 1. The molecule has 3 nitrogen and oxygen atoms in total. The maximum Gasteiger partial charge on any atom is 0.417 e. The Hall–Kier alpha value is -2.34. The first kappa shape index (κ1) is 15.1. The summed E-state index contributed by atoms with van der Waals surface area (Å²) in [7, 11) is 0. The van der Waals surface area contributed by atoms with Gasteiger partial charge in [-0.15, -0.1) is 0 Å². The average molecular weight is 294 g/mol. The maximum absolute atomic E-state index is 12.9. The summed E-state index contributed by atoms with van der Waals surface area (Å²) in [5, 5.41) is 2.44. The summed E-state index contributed by atoms with van der Waals surface area (Å²) in [6, 6.07) is 11.2. The summed E-state index contributed by atoms with van der Waals surface area (Å²) < 4.78 is 38.6. The Morgan fingerprint density at radius 3 is 2.24 bits per heavy atom. The van der Waals surface area contributed by atoms with E-state index in [0.29, 0.717) is 12.2 Å². The molecule has 110 valence electrons. The predicted octanol–water partition coefficient (Wildman–Crippen LogP) is 3.42. The summed E-state index contributed by atoms with van der Waals surface area (Å²) in [5.41, 5.74) is 5.36. The number of benzene rings is 2. The van der Waals surface area contributed by atoms with Gasteiger partial charge in [-0.1, -0.05) is 24.3 Å². The maximum atomic E-state index is 12.9. The van der Waals surface area contributed by atoms with Crippen molar-refractivity contribution in [2.75, 3.05) is 5.32 Å². The van der Waals surface area contributed by atoms with Crippen molar-refractivity contribution in [3.05, 3.63) is 65.2 Å². The molecule has 0 spiro atoms. The van der Waals surface area contributed by atoms with Crippen LogP contribution in [0.15, 0.2) is 48.5 Å². The molecule has 0 unspecified atom stereocenters. The molecule has 0 saturated carbocycles. The van der Waals surface area contributed by atoms with E-state index in [1.54, 1.807) is 24.3 Å². The van der Waals surface area contributed by atoms with Crippen LogP contribution in [0.4, 0.5) is 18.9 Å². The second-order valence-electron chi connectivity index (χ2n) is 4.40. The molecule has 21 heavy (non-hydrogen) atoms. The van der Waals surface area contributed by atoms with Crippen LogP contribution in [0.25, 0.3) is 0 Å². The molecule has 2 rings (SSSR count). The Bertz CT molecular complexity index is 636. The standard InChI is InChI=1S/C15H13F3N2O/c16-15(17,18)13-4-2-1-3-12(13)14(21)20-11-7-5-10(9-19)6-8-11/h1-8H,9,19H2,(H,20,21). The fraction of sp³-hybridized carbons (Fsp3) is 0.133. The minimum atomic E-state index is -4.57. The van der Waals surface area contributed by atoms with Gasteiger partial charge >= 0.3 is 6.18 Å². The van der Waals surface area contributed by atoms with E-state index in [1.807, 2.05) is 0 Å². The van der Waals surface area contributed by atoms with Crippen LogP contribution in [-0.4, -0.2) is 5.91 Å². The quantitative estimate of drug-likeness (QED) is 0.911. The van der Waals surface area contributed by atoms with Gasteiger partial charge in [-0.2, -0.15) is 13.2 Å². The first-order valence-corrected chi connectivity index (χ1v) is 6.18. The van der Waals surface area contributed by atoms with Crippen LogP contribution < -0.4 is 11.1 Å². The third-order valence-electron chi connectivity index (χ3n) is 2.92. The second kappa shape index (κ2) is 5.97. The van der Waals surface area contributed by atoms with E-state index in [9.17, 15) is 18.0 Å². The Morgan fingerprint density at radius 1 is 1.05 bits per heavy atom. The van der Waals surface area contributed by atoms with Crippen molar-refractivity contribution >= 4 is 11.6 Å². The van der Waals surface area contributed by atoms with Gasteiger partial charge in [0.2, 0.25) is 0 Å². The molecule has 0 saturated heterocycles. The third-order valence-corrected chi connectivity index (χ3v) is 2.92. The molecule has 6 heteroatoms. The fourth-order valence-corrected chi connectivity index (χ4v) is 1.85. The fourth-order valence-electron chi connectivity index (χ4n) is 1.85. The molecule has 0 heterocycles. The number of rotatable bonds is 3. The highest BCUT2D eigenvalue weighted by atomic mass is 19.4. The van der Waals surface area contributed by atoms with Crippen molar-refractivity contribution in [2.24, 2.45) is 5.73 Å². The summed E-state index contributed by atoms with van der Waals surface area (Å²) in [6.45, 7) is 0.352. The predicted molar refractivity (Wildman–Crippen MR) is 73.7 cm³/mol. The van der Waals surface area contributed by atoms with Crippen LogP contribution in [0.3, 0.4) is 0 Å². The molecule has 0 aliphatic carbocycles. The lowest BCUT2D eigenvalue weighted by molar-refractivity contribution is -0.137. The zero-order chi connectivity index (χ0) is 15.5. The largest absolute Gasteiger partial charge is 0.417 e. The molecule has 2 aromatic carbocycles. The number of hydrogen-bond donors (Lipinski definition) is 2. The lowest BCUT2D eigenvalue weighted by Gasteiger charge is -2.12. The number of carbonyl (C=O) groups excluding carboxylic acids is 1. The Morgan fingerprint density at radius 2 is 1.67 bits per heavy atom.